The maximum atomic E-state index is 12.7. The third-order valence-electron chi connectivity index (χ3n) is 4.02. The highest BCUT2D eigenvalue weighted by Gasteiger charge is 2.27. The molecule has 25 heavy (non-hydrogen) atoms. The van der Waals surface area contributed by atoms with E-state index < -0.39 is 16.1 Å². The molecule has 1 atom stereocenters. The van der Waals surface area contributed by atoms with Crippen LogP contribution in [0.1, 0.15) is 12.8 Å². The Morgan fingerprint density at radius 3 is 2.68 bits per heavy atom. The lowest BCUT2D eigenvalue weighted by Gasteiger charge is -2.26. The van der Waals surface area contributed by atoms with Crippen molar-refractivity contribution in [1.29, 1.82) is 0 Å². The fourth-order valence-electron chi connectivity index (χ4n) is 2.69. The van der Waals surface area contributed by atoms with Crippen molar-refractivity contribution in [3.8, 4) is 0 Å². The highest BCUT2D eigenvalue weighted by molar-refractivity contribution is 7.89. The molecule has 2 aliphatic heterocycles. The van der Waals surface area contributed by atoms with Crippen LogP contribution in [0.4, 0.5) is 10.5 Å². The molecule has 2 fully saturated rings. The van der Waals surface area contributed by atoms with E-state index in [9.17, 15) is 13.2 Å². The number of ether oxygens (including phenoxy) is 2. The molecular formula is C15H20ClN3O5S. The van der Waals surface area contributed by atoms with Gasteiger partial charge in [-0.2, -0.15) is 4.31 Å². The van der Waals surface area contributed by atoms with Crippen LogP contribution in [0.15, 0.2) is 23.1 Å². The van der Waals surface area contributed by atoms with Gasteiger partial charge in [0.15, 0.2) is 0 Å². The molecule has 8 nitrogen and oxygen atoms in total. The van der Waals surface area contributed by atoms with Crippen LogP contribution in [0.2, 0.25) is 5.02 Å². The molecule has 3 rings (SSSR count). The molecule has 1 aromatic rings. The van der Waals surface area contributed by atoms with Gasteiger partial charge in [-0.1, -0.05) is 11.6 Å². The van der Waals surface area contributed by atoms with Crippen LogP contribution in [0.25, 0.3) is 0 Å². The number of amides is 2. The van der Waals surface area contributed by atoms with Crippen LogP contribution in [0.3, 0.4) is 0 Å². The minimum absolute atomic E-state index is 0.0752. The molecule has 1 aromatic carbocycles. The van der Waals surface area contributed by atoms with Crippen LogP contribution in [0.5, 0.6) is 0 Å². The summed E-state index contributed by atoms with van der Waals surface area (Å²) in [4.78, 5) is 12.1. The number of nitrogens with zero attached hydrogens (tertiary/aromatic N) is 1. The lowest BCUT2D eigenvalue weighted by atomic mass is 10.3. The Morgan fingerprint density at radius 1 is 1.24 bits per heavy atom. The van der Waals surface area contributed by atoms with Gasteiger partial charge in [0.2, 0.25) is 10.0 Å². The number of nitrogens with one attached hydrogen (secondary N) is 2. The molecule has 10 heteroatoms. The summed E-state index contributed by atoms with van der Waals surface area (Å²) in [6, 6.07) is 3.75. The number of anilines is 1. The summed E-state index contributed by atoms with van der Waals surface area (Å²) in [5.74, 6) is 0. The van der Waals surface area contributed by atoms with Crippen molar-refractivity contribution in [2.24, 2.45) is 0 Å². The molecule has 2 heterocycles. The Kier molecular flexibility index (Phi) is 5.80. The predicted molar refractivity (Wildman–Crippen MR) is 92.2 cm³/mol. The zero-order chi connectivity index (χ0) is 17.9. The molecule has 0 bridgehead atoms. The molecular weight excluding hydrogens is 370 g/mol. The van der Waals surface area contributed by atoms with E-state index in [4.69, 9.17) is 21.1 Å². The topological polar surface area (TPSA) is 97.0 Å². The first-order valence-electron chi connectivity index (χ1n) is 8.03. The van der Waals surface area contributed by atoms with Gasteiger partial charge in [0.1, 0.15) is 6.23 Å². The maximum Gasteiger partial charge on any atom is 0.321 e. The van der Waals surface area contributed by atoms with Gasteiger partial charge in [-0.05, 0) is 31.0 Å². The zero-order valence-corrected chi connectivity index (χ0v) is 15.1. The second-order valence-corrected chi connectivity index (χ2v) is 8.10. The first kappa shape index (κ1) is 18.4. The largest absolute Gasteiger partial charge is 0.379 e. The van der Waals surface area contributed by atoms with Gasteiger partial charge in [0.25, 0.3) is 0 Å². The molecule has 0 radical (unpaired) electrons. The molecule has 2 amide bonds. The highest BCUT2D eigenvalue weighted by Crippen LogP contribution is 2.27. The van der Waals surface area contributed by atoms with E-state index in [2.05, 4.69) is 10.6 Å². The number of urea groups is 1. The molecule has 2 aliphatic rings. The van der Waals surface area contributed by atoms with Gasteiger partial charge < -0.3 is 20.1 Å². The molecule has 0 aliphatic carbocycles. The van der Waals surface area contributed by atoms with E-state index >= 15 is 0 Å². The molecule has 0 spiro atoms. The van der Waals surface area contributed by atoms with Crippen LogP contribution >= 0.6 is 11.6 Å². The smallest absolute Gasteiger partial charge is 0.321 e. The number of carbonyl (C=O) groups excluding carboxylic acids is 1. The van der Waals surface area contributed by atoms with Crippen molar-refractivity contribution < 1.29 is 22.7 Å². The van der Waals surface area contributed by atoms with Crippen molar-refractivity contribution in [2.75, 3.05) is 38.2 Å². The number of halogens is 1. The number of hydrogen-bond acceptors (Lipinski definition) is 5. The number of benzene rings is 1. The number of hydrogen-bond donors (Lipinski definition) is 2. The zero-order valence-electron chi connectivity index (χ0n) is 13.5. The fourth-order valence-corrected chi connectivity index (χ4v) is 4.29. The molecule has 0 aromatic heterocycles. The van der Waals surface area contributed by atoms with E-state index in [1.807, 2.05) is 0 Å². The Bertz CT molecular complexity index is 731. The summed E-state index contributed by atoms with van der Waals surface area (Å²) in [6.45, 7) is 1.93. The van der Waals surface area contributed by atoms with E-state index in [0.29, 0.717) is 32.9 Å². The van der Waals surface area contributed by atoms with E-state index in [-0.39, 0.29) is 21.8 Å². The number of carbonyl (C=O) groups is 1. The van der Waals surface area contributed by atoms with Crippen LogP contribution in [-0.4, -0.2) is 57.9 Å². The van der Waals surface area contributed by atoms with Gasteiger partial charge in [0, 0.05) is 19.7 Å². The second-order valence-electron chi connectivity index (χ2n) is 5.76. The third kappa shape index (κ3) is 4.42. The predicted octanol–water partition coefficient (Wildman–Crippen LogP) is 1.62. The Morgan fingerprint density at radius 2 is 2.00 bits per heavy atom. The Hall–Kier alpha value is -1.39. The van der Waals surface area contributed by atoms with Crippen molar-refractivity contribution in [3.05, 3.63) is 23.2 Å². The molecule has 2 saturated heterocycles. The normalized spacial score (nSPS) is 21.9. The monoisotopic (exact) mass is 389 g/mol. The van der Waals surface area contributed by atoms with Gasteiger partial charge in [0.05, 0.1) is 28.8 Å². The summed E-state index contributed by atoms with van der Waals surface area (Å²) < 4.78 is 37.3. The minimum atomic E-state index is -3.66. The first-order valence-corrected chi connectivity index (χ1v) is 9.85. The summed E-state index contributed by atoms with van der Waals surface area (Å²) in [5.41, 5.74) is 0.228. The van der Waals surface area contributed by atoms with E-state index in [0.717, 1.165) is 12.8 Å². The summed E-state index contributed by atoms with van der Waals surface area (Å²) in [6.07, 6.45) is 1.30. The lowest BCUT2D eigenvalue weighted by molar-refractivity contribution is 0.0730. The fraction of sp³-hybridized carbons (Fsp3) is 0.533. The van der Waals surface area contributed by atoms with Crippen molar-refractivity contribution in [2.45, 2.75) is 24.0 Å². The van der Waals surface area contributed by atoms with Gasteiger partial charge in [-0.3, -0.25) is 0 Å². The number of rotatable bonds is 4. The van der Waals surface area contributed by atoms with E-state index in [1.54, 1.807) is 0 Å². The third-order valence-corrected chi connectivity index (χ3v) is 6.24. The average Bonchev–Trinajstić information content (AvgIpc) is 3.10. The number of sulfonamides is 1. The Labute approximate surface area is 151 Å². The van der Waals surface area contributed by atoms with Crippen LogP contribution < -0.4 is 10.6 Å². The van der Waals surface area contributed by atoms with Crippen molar-refractivity contribution in [1.82, 2.24) is 9.62 Å². The minimum Gasteiger partial charge on any atom is -0.379 e. The maximum absolute atomic E-state index is 12.7. The molecule has 2 N–H and O–H groups in total. The first-order chi connectivity index (χ1) is 12.0. The van der Waals surface area contributed by atoms with E-state index in [1.165, 1.54) is 22.5 Å². The van der Waals surface area contributed by atoms with Gasteiger partial charge >= 0.3 is 6.03 Å². The van der Waals surface area contributed by atoms with Gasteiger partial charge in [-0.25, -0.2) is 13.2 Å². The molecule has 0 saturated carbocycles. The standard InChI is InChI=1S/C15H20ClN3O5S/c16-12-4-3-11(25(21,22)19-5-8-23-9-6-19)10-13(12)17-15(20)18-14-2-1-7-24-14/h3-4,10,14H,1-2,5-9H2,(H2,17,18,20). The Balaban J connectivity index is 1.74. The van der Waals surface area contributed by atoms with Crippen molar-refractivity contribution >= 4 is 33.3 Å². The SMILES string of the molecule is O=C(Nc1cc(S(=O)(=O)N2CCOCC2)ccc1Cl)NC1CCCO1. The quantitative estimate of drug-likeness (QED) is 0.815. The highest BCUT2D eigenvalue weighted by atomic mass is 35.5. The lowest BCUT2D eigenvalue weighted by Crippen LogP contribution is -2.40. The average molecular weight is 390 g/mol. The second kappa shape index (κ2) is 7.88. The molecule has 1 unspecified atom stereocenters. The number of morpholine rings is 1. The summed E-state index contributed by atoms with van der Waals surface area (Å²) in [7, 11) is -3.66. The van der Waals surface area contributed by atoms with Crippen LogP contribution in [0, 0.1) is 0 Å². The van der Waals surface area contributed by atoms with Crippen LogP contribution in [-0.2, 0) is 19.5 Å². The molecule has 138 valence electrons. The summed E-state index contributed by atoms with van der Waals surface area (Å²) in [5, 5.41) is 5.50. The van der Waals surface area contributed by atoms with Gasteiger partial charge in [-0.15, -0.1) is 0 Å². The van der Waals surface area contributed by atoms with Crippen molar-refractivity contribution in [3.63, 3.8) is 0 Å². The summed E-state index contributed by atoms with van der Waals surface area (Å²) >= 11 is 6.09.